The molecule has 3 nitrogen and oxygen atoms in total. The highest BCUT2D eigenvalue weighted by atomic mass is 16.1. The Balaban J connectivity index is 1.63. The molecule has 0 spiro atoms. The second kappa shape index (κ2) is 6.20. The Labute approximate surface area is 115 Å². The number of rotatable bonds is 7. The molecule has 1 aliphatic carbocycles. The number of hydrogen-bond donors (Lipinski definition) is 2. The van der Waals surface area contributed by atoms with Gasteiger partial charge in [-0.25, -0.2) is 0 Å². The Morgan fingerprint density at radius 1 is 1.26 bits per heavy atom. The first kappa shape index (κ1) is 14.1. The fourth-order valence-corrected chi connectivity index (χ4v) is 2.40. The van der Waals surface area contributed by atoms with Crippen LogP contribution >= 0.6 is 0 Å². The maximum absolute atomic E-state index is 11.7. The zero-order valence-electron chi connectivity index (χ0n) is 11.9. The van der Waals surface area contributed by atoms with Crippen LogP contribution in [0.1, 0.15) is 32.3 Å². The van der Waals surface area contributed by atoms with Crippen LogP contribution in [0.25, 0.3) is 0 Å². The molecule has 104 valence electrons. The van der Waals surface area contributed by atoms with Gasteiger partial charge in [-0.3, -0.25) is 4.79 Å². The van der Waals surface area contributed by atoms with Crippen LogP contribution in [0.4, 0.5) is 0 Å². The molecule has 1 fully saturated rings. The molecule has 1 aromatic rings. The van der Waals surface area contributed by atoms with Crippen molar-refractivity contribution in [3.8, 4) is 0 Å². The number of carbonyl (C=O) groups excluding carboxylic acids is 1. The quantitative estimate of drug-likeness (QED) is 0.790. The third-order valence-corrected chi connectivity index (χ3v) is 4.21. The number of amides is 1. The summed E-state index contributed by atoms with van der Waals surface area (Å²) in [5.74, 6) is 0.774. The first-order valence-corrected chi connectivity index (χ1v) is 7.14. The fourth-order valence-electron chi connectivity index (χ4n) is 2.40. The van der Waals surface area contributed by atoms with Crippen molar-refractivity contribution in [3.05, 3.63) is 35.9 Å². The lowest BCUT2D eigenvalue weighted by Crippen LogP contribution is -2.37. The standard InChI is InChI=1S/C16H24N2O/c1-13(2)16(8-9-16)12-17-11-15(19)18-10-14-6-4-3-5-7-14/h3-7,13,17H,8-12H2,1-2H3,(H,18,19). The fraction of sp³-hybridized carbons (Fsp3) is 0.562. The van der Waals surface area contributed by atoms with Crippen LogP contribution in [0, 0.1) is 11.3 Å². The van der Waals surface area contributed by atoms with Crippen molar-refractivity contribution in [2.75, 3.05) is 13.1 Å². The van der Waals surface area contributed by atoms with Gasteiger partial charge in [0.05, 0.1) is 6.54 Å². The lowest BCUT2D eigenvalue weighted by atomic mass is 9.92. The van der Waals surface area contributed by atoms with Gasteiger partial charge in [0.1, 0.15) is 0 Å². The van der Waals surface area contributed by atoms with Crippen LogP contribution in [0.3, 0.4) is 0 Å². The molecular formula is C16H24N2O. The van der Waals surface area contributed by atoms with E-state index in [0.717, 1.165) is 12.1 Å². The summed E-state index contributed by atoms with van der Waals surface area (Å²) in [5, 5.41) is 6.23. The number of carbonyl (C=O) groups is 1. The summed E-state index contributed by atoms with van der Waals surface area (Å²) in [6.07, 6.45) is 2.59. The summed E-state index contributed by atoms with van der Waals surface area (Å²) in [7, 11) is 0. The molecule has 19 heavy (non-hydrogen) atoms. The van der Waals surface area contributed by atoms with Crippen LogP contribution in [-0.4, -0.2) is 19.0 Å². The van der Waals surface area contributed by atoms with Gasteiger partial charge in [-0.1, -0.05) is 44.2 Å². The molecule has 0 heterocycles. The van der Waals surface area contributed by atoms with Gasteiger partial charge in [-0.05, 0) is 29.7 Å². The first-order chi connectivity index (χ1) is 9.12. The molecule has 0 unspecified atom stereocenters. The van der Waals surface area contributed by atoms with E-state index in [1.54, 1.807) is 0 Å². The molecule has 3 heteroatoms. The second-order valence-corrected chi connectivity index (χ2v) is 5.88. The molecular weight excluding hydrogens is 236 g/mol. The maximum atomic E-state index is 11.7. The predicted octanol–water partition coefficient (Wildman–Crippen LogP) is 2.33. The van der Waals surface area contributed by atoms with E-state index in [0.29, 0.717) is 24.4 Å². The normalized spacial score (nSPS) is 16.4. The summed E-state index contributed by atoms with van der Waals surface area (Å²) >= 11 is 0. The van der Waals surface area contributed by atoms with E-state index in [-0.39, 0.29) is 5.91 Å². The Morgan fingerprint density at radius 2 is 1.95 bits per heavy atom. The summed E-state index contributed by atoms with van der Waals surface area (Å²) in [6.45, 7) is 6.52. The smallest absolute Gasteiger partial charge is 0.234 e. The number of benzene rings is 1. The first-order valence-electron chi connectivity index (χ1n) is 7.14. The zero-order valence-corrected chi connectivity index (χ0v) is 11.9. The van der Waals surface area contributed by atoms with Crippen LogP contribution < -0.4 is 10.6 Å². The molecule has 1 aliphatic rings. The van der Waals surface area contributed by atoms with Crippen molar-refractivity contribution in [1.82, 2.24) is 10.6 Å². The molecule has 2 N–H and O–H groups in total. The van der Waals surface area contributed by atoms with Gasteiger partial charge in [0.15, 0.2) is 0 Å². The minimum Gasteiger partial charge on any atom is -0.351 e. The van der Waals surface area contributed by atoms with Crippen LogP contribution in [-0.2, 0) is 11.3 Å². The van der Waals surface area contributed by atoms with Crippen molar-refractivity contribution in [1.29, 1.82) is 0 Å². The maximum Gasteiger partial charge on any atom is 0.234 e. The second-order valence-electron chi connectivity index (χ2n) is 5.88. The predicted molar refractivity (Wildman–Crippen MR) is 77.7 cm³/mol. The molecule has 0 bridgehead atoms. The lowest BCUT2D eigenvalue weighted by Gasteiger charge is -2.19. The van der Waals surface area contributed by atoms with Gasteiger partial charge >= 0.3 is 0 Å². The van der Waals surface area contributed by atoms with Gasteiger partial charge in [-0.2, -0.15) is 0 Å². The van der Waals surface area contributed by atoms with Gasteiger partial charge in [0.25, 0.3) is 0 Å². The number of nitrogens with one attached hydrogen (secondary N) is 2. The van der Waals surface area contributed by atoms with Crippen LogP contribution in [0.2, 0.25) is 0 Å². The van der Waals surface area contributed by atoms with E-state index in [1.807, 2.05) is 30.3 Å². The minimum absolute atomic E-state index is 0.0726. The SMILES string of the molecule is CC(C)C1(CNCC(=O)NCc2ccccc2)CC1. The Morgan fingerprint density at radius 3 is 2.53 bits per heavy atom. The summed E-state index contributed by atoms with van der Waals surface area (Å²) in [5.41, 5.74) is 1.59. The summed E-state index contributed by atoms with van der Waals surface area (Å²) < 4.78 is 0. The average Bonchev–Trinajstić information content (AvgIpc) is 3.19. The Bertz CT molecular complexity index is 410. The zero-order chi connectivity index (χ0) is 13.7. The largest absolute Gasteiger partial charge is 0.351 e. The highest BCUT2D eigenvalue weighted by Crippen LogP contribution is 2.51. The molecule has 0 atom stereocenters. The monoisotopic (exact) mass is 260 g/mol. The van der Waals surface area contributed by atoms with Crippen molar-refractivity contribution in [2.24, 2.45) is 11.3 Å². The van der Waals surface area contributed by atoms with Gasteiger partial charge in [0, 0.05) is 13.1 Å². The van der Waals surface area contributed by atoms with Crippen molar-refractivity contribution < 1.29 is 4.79 Å². The van der Waals surface area contributed by atoms with Crippen molar-refractivity contribution in [3.63, 3.8) is 0 Å². The molecule has 1 saturated carbocycles. The van der Waals surface area contributed by atoms with E-state index in [4.69, 9.17) is 0 Å². The van der Waals surface area contributed by atoms with E-state index < -0.39 is 0 Å². The van der Waals surface area contributed by atoms with E-state index in [2.05, 4.69) is 24.5 Å². The highest BCUT2D eigenvalue weighted by molar-refractivity contribution is 5.77. The van der Waals surface area contributed by atoms with E-state index in [9.17, 15) is 4.79 Å². The molecule has 1 aromatic carbocycles. The summed E-state index contributed by atoms with van der Waals surface area (Å²) in [6, 6.07) is 9.99. The third kappa shape index (κ3) is 4.06. The molecule has 1 amide bonds. The molecule has 0 aromatic heterocycles. The molecule has 2 rings (SSSR count). The Kier molecular flexibility index (Phi) is 4.59. The van der Waals surface area contributed by atoms with Gasteiger partial charge < -0.3 is 10.6 Å². The minimum atomic E-state index is 0.0726. The molecule has 0 aliphatic heterocycles. The molecule has 0 saturated heterocycles. The average molecular weight is 260 g/mol. The number of hydrogen-bond acceptors (Lipinski definition) is 2. The third-order valence-electron chi connectivity index (χ3n) is 4.21. The van der Waals surface area contributed by atoms with Crippen LogP contribution in [0.15, 0.2) is 30.3 Å². The van der Waals surface area contributed by atoms with Crippen LogP contribution in [0.5, 0.6) is 0 Å². The van der Waals surface area contributed by atoms with Gasteiger partial charge in [0.2, 0.25) is 5.91 Å². The highest BCUT2D eigenvalue weighted by Gasteiger charge is 2.44. The van der Waals surface area contributed by atoms with Crippen molar-refractivity contribution in [2.45, 2.75) is 33.2 Å². The molecule has 0 radical (unpaired) electrons. The summed E-state index contributed by atoms with van der Waals surface area (Å²) in [4.78, 5) is 11.7. The Hall–Kier alpha value is -1.35. The van der Waals surface area contributed by atoms with Gasteiger partial charge in [-0.15, -0.1) is 0 Å². The topological polar surface area (TPSA) is 41.1 Å². The van der Waals surface area contributed by atoms with E-state index in [1.165, 1.54) is 12.8 Å². The van der Waals surface area contributed by atoms with E-state index >= 15 is 0 Å². The van der Waals surface area contributed by atoms with Crippen molar-refractivity contribution >= 4 is 5.91 Å². The lowest BCUT2D eigenvalue weighted by molar-refractivity contribution is -0.120.